The molecular formula is C22H18N2O6S. The molecule has 3 aromatic rings. The second kappa shape index (κ2) is 8.27. The van der Waals surface area contributed by atoms with Crippen molar-refractivity contribution in [1.29, 1.82) is 0 Å². The molecule has 1 aliphatic heterocycles. The monoisotopic (exact) mass is 438 g/mol. The fraction of sp³-hybridized carbons (Fsp3) is 0.227. The van der Waals surface area contributed by atoms with Gasteiger partial charge in [-0.25, -0.2) is 4.79 Å². The highest BCUT2D eigenvalue weighted by Crippen LogP contribution is 2.26. The Kier molecular flexibility index (Phi) is 5.51. The van der Waals surface area contributed by atoms with Crippen molar-refractivity contribution in [2.45, 2.75) is 31.7 Å². The van der Waals surface area contributed by atoms with Gasteiger partial charge in [0.15, 0.2) is 5.43 Å². The van der Waals surface area contributed by atoms with Crippen molar-refractivity contribution < 1.29 is 24.3 Å². The lowest BCUT2D eigenvalue weighted by molar-refractivity contribution is -0.154. The average molecular weight is 438 g/mol. The number of anilines is 1. The van der Waals surface area contributed by atoms with Crippen LogP contribution >= 0.6 is 11.3 Å². The molecule has 1 fully saturated rings. The standard InChI is InChI=1S/C22H18N2O6S/c25-18(8-6-15(22(29)30)24-19(26)9-10-20(24)27)23-12-5-7-17-14(11-12)21(28)13-3-1-2-4-16(13)31-17/h1-5,7,11,15H,6,8-10H2,(H,23,25)(H,29,30). The number of imide groups is 1. The van der Waals surface area contributed by atoms with Crippen molar-refractivity contribution in [2.24, 2.45) is 0 Å². The van der Waals surface area contributed by atoms with E-state index in [1.807, 2.05) is 12.1 Å². The van der Waals surface area contributed by atoms with Crippen LogP contribution in [0, 0.1) is 0 Å². The van der Waals surface area contributed by atoms with Crippen LogP contribution in [-0.4, -0.2) is 39.7 Å². The molecule has 158 valence electrons. The van der Waals surface area contributed by atoms with Gasteiger partial charge in [-0.2, -0.15) is 0 Å². The predicted molar refractivity (Wildman–Crippen MR) is 116 cm³/mol. The van der Waals surface area contributed by atoms with E-state index in [1.54, 1.807) is 30.3 Å². The number of benzene rings is 2. The number of nitrogens with one attached hydrogen (secondary N) is 1. The van der Waals surface area contributed by atoms with Crippen LogP contribution in [0.1, 0.15) is 25.7 Å². The topological polar surface area (TPSA) is 121 Å². The van der Waals surface area contributed by atoms with Gasteiger partial charge in [0.1, 0.15) is 6.04 Å². The van der Waals surface area contributed by atoms with Crippen molar-refractivity contribution in [3.8, 4) is 0 Å². The van der Waals surface area contributed by atoms with E-state index in [-0.39, 0.29) is 31.1 Å². The molecule has 0 aliphatic carbocycles. The Morgan fingerprint density at radius 1 is 1.00 bits per heavy atom. The van der Waals surface area contributed by atoms with E-state index in [0.717, 1.165) is 14.3 Å². The minimum Gasteiger partial charge on any atom is -0.480 e. The summed E-state index contributed by atoms with van der Waals surface area (Å²) < 4.78 is 1.67. The lowest BCUT2D eigenvalue weighted by Crippen LogP contribution is -2.44. The number of amides is 3. The normalized spacial score (nSPS) is 14.9. The summed E-state index contributed by atoms with van der Waals surface area (Å²) in [6.07, 6.45) is -0.416. The number of nitrogens with zero attached hydrogens (tertiary/aromatic N) is 1. The molecule has 31 heavy (non-hydrogen) atoms. The van der Waals surface area contributed by atoms with Crippen LogP contribution in [0.2, 0.25) is 0 Å². The molecule has 1 unspecified atom stereocenters. The lowest BCUT2D eigenvalue weighted by Gasteiger charge is -2.22. The summed E-state index contributed by atoms with van der Waals surface area (Å²) in [5, 5.41) is 13.1. The molecule has 9 heteroatoms. The molecule has 0 saturated carbocycles. The lowest BCUT2D eigenvalue weighted by atomic mass is 10.1. The van der Waals surface area contributed by atoms with Crippen LogP contribution in [0.5, 0.6) is 0 Å². The number of hydrogen-bond donors (Lipinski definition) is 2. The molecule has 8 nitrogen and oxygen atoms in total. The summed E-state index contributed by atoms with van der Waals surface area (Å²) in [6.45, 7) is 0. The van der Waals surface area contributed by atoms with Crippen LogP contribution in [0.3, 0.4) is 0 Å². The van der Waals surface area contributed by atoms with Crippen LogP contribution in [0.25, 0.3) is 20.2 Å². The number of likely N-dealkylation sites (tertiary alicyclic amines) is 1. The highest BCUT2D eigenvalue weighted by atomic mass is 32.1. The summed E-state index contributed by atoms with van der Waals surface area (Å²) >= 11 is 1.48. The maximum Gasteiger partial charge on any atom is 0.326 e. The molecule has 0 spiro atoms. The smallest absolute Gasteiger partial charge is 0.326 e. The van der Waals surface area contributed by atoms with E-state index in [0.29, 0.717) is 16.5 Å². The Morgan fingerprint density at radius 3 is 2.39 bits per heavy atom. The van der Waals surface area contributed by atoms with Gasteiger partial charge in [0, 0.05) is 45.1 Å². The molecule has 4 rings (SSSR count). The minimum atomic E-state index is -1.37. The maximum absolute atomic E-state index is 12.8. The summed E-state index contributed by atoms with van der Waals surface area (Å²) in [5.41, 5.74) is 0.287. The molecule has 1 aliphatic rings. The first kappa shape index (κ1) is 20.7. The van der Waals surface area contributed by atoms with Crippen molar-refractivity contribution in [3.63, 3.8) is 0 Å². The maximum atomic E-state index is 12.8. The van der Waals surface area contributed by atoms with Gasteiger partial charge in [0.25, 0.3) is 0 Å². The third-order valence-electron chi connectivity index (χ3n) is 5.19. The van der Waals surface area contributed by atoms with Gasteiger partial charge in [-0.3, -0.25) is 24.1 Å². The number of carboxylic acid groups (broad SMARTS) is 1. The number of carbonyl (C=O) groups excluding carboxylic acids is 3. The van der Waals surface area contributed by atoms with Gasteiger partial charge >= 0.3 is 5.97 Å². The van der Waals surface area contributed by atoms with Crippen LogP contribution in [0.15, 0.2) is 47.3 Å². The number of rotatable bonds is 6. The fourth-order valence-electron chi connectivity index (χ4n) is 3.68. The molecule has 1 aromatic heterocycles. The van der Waals surface area contributed by atoms with Crippen molar-refractivity contribution in [3.05, 3.63) is 52.7 Å². The van der Waals surface area contributed by atoms with Crippen LogP contribution in [0.4, 0.5) is 5.69 Å². The third-order valence-corrected chi connectivity index (χ3v) is 6.34. The van der Waals surface area contributed by atoms with Gasteiger partial charge < -0.3 is 10.4 Å². The molecule has 2 heterocycles. The minimum absolute atomic E-state index is 0.0148. The first-order valence-corrected chi connectivity index (χ1v) is 10.5. The Hall–Kier alpha value is -3.59. The fourth-order valence-corrected chi connectivity index (χ4v) is 4.73. The highest BCUT2D eigenvalue weighted by Gasteiger charge is 2.38. The van der Waals surface area contributed by atoms with E-state index >= 15 is 0 Å². The van der Waals surface area contributed by atoms with E-state index in [9.17, 15) is 29.1 Å². The zero-order chi connectivity index (χ0) is 22.1. The van der Waals surface area contributed by atoms with Gasteiger partial charge in [0.2, 0.25) is 17.7 Å². The van der Waals surface area contributed by atoms with E-state index < -0.39 is 29.7 Å². The second-order valence-electron chi connectivity index (χ2n) is 7.24. The zero-order valence-electron chi connectivity index (χ0n) is 16.3. The first-order valence-electron chi connectivity index (χ1n) is 9.68. The van der Waals surface area contributed by atoms with Gasteiger partial charge in [-0.05, 0) is 36.8 Å². The van der Waals surface area contributed by atoms with Crippen molar-refractivity contribution in [1.82, 2.24) is 4.90 Å². The Morgan fingerprint density at radius 2 is 1.68 bits per heavy atom. The number of hydrogen-bond acceptors (Lipinski definition) is 6. The molecule has 0 bridgehead atoms. The van der Waals surface area contributed by atoms with Crippen molar-refractivity contribution in [2.75, 3.05) is 5.32 Å². The van der Waals surface area contributed by atoms with Crippen LogP contribution in [-0.2, 0) is 19.2 Å². The quantitative estimate of drug-likeness (QED) is 0.451. The summed E-state index contributed by atoms with van der Waals surface area (Å²) in [6, 6.07) is 11.0. The van der Waals surface area contributed by atoms with Crippen LogP contribution < -0.4 is 10.7 Å². The summed E-state index contributed by atoms with van der Waals surface area (Å²) in [4.78, 5) is 61.1. The number of carboxylic acids is 1. The van der Waals surface area contributed by atoms with E-state index in [4.69, 9.17) is 0 Å². The predicted octanol–water partition coefficient (Wildman–Crippen LogP) is 2.74. The summed E-state index contributed by atoms with van der Waals surface area (Å²) in [7, 11) is 0. The third kappa shape index (κ3) is 4.04. The average Bonchev–Trinajstić information content (AvgIpc) is 3.07. The molecule has 1 saturated heterocycles. The largest absolute Gasteiger partial charge is 0.480 e. The van der Waals surface area contributed by atoms with E-state index in [2.05, 4.69) is 5.32 Å². The summed E-state index contributed by atoms with van der Waals surface area (Å²) in [5.74, 6) is -2.87. The number of fused-ring (bicyclic) bond motifs is 2. The molecule has 1 atom stereocenters. The Bertz CT molecular complexity index is 1280. The molecule has 3 amide bonds. The van der Waals surface area contributed by atoms with Crippen molar-refractivity contribution >= 4 is 60.9 Å². The molecule has 0 radical (unpaired) electrons. The van der Waals surface area contributed by atoms with Gasteiger partial charge in [-0.15, -0.1) is 11.3 Å². The first-order chi connectivity index (χ1) is 14.8. The Balaban J connectivity index is 1.50. The molecular weight excluding hydrogens is 420 g/mol. The number of aliphatic carboxylic acids is 1. The SMILES string of the molecule is O=C(CCC(C(=O)O)N1C(=O)CCC1=O)Nc1ccc2sc3ccccc3c(=O)c2c1. The number of carbonyl (C=O) groups is 4. The highest BCUT2D eigenvalue weighted by molar-refractivity contribution is 7.24. The second-order valence-corrected chi connectivity index (χ2v) is 8.32. The molecule has 2 N–H and O–H groups in total. The zero-order valence-corrected chi connectivity index (χ0v) is 17.1. The van der Waals surface area contributed by atoms with Gasteiger partial charge in [-0.1, -0.05) is 12.1 Å². The Labute approximate surface area is 180 Å². The van der Waals surface area contributed by atoms with Gasteiger partial charge in [0.05, 0.1) is 0 Å². The van der Waals surface area contributed by atoms with E-state index in [1.165, 1.54) is 11.3 Å². The molecule has 2 aromatic carbocycles.